The summed E-state index contributed by atoms with van der Waals surface area (Å²) in [5.41, 5.74) is -0.283. The molecule has 1 aromatic heterocycles. The van der Waals surface area contributed by atoms with Crippen molar-refractivity contribution in [2.45, 2.75) is 54.6 Å². The first-order chi connectivity index (χ1) is 13.2. The number of piperidine rings is 1. The molecule has 28 heavy (non-hydrogen) atoms. The quantitative estimate of drug-likeness (QED) is 0.510. The number of tetrazole rings is 1. The summed E-state index contributed by atoms with van der Waals surface area (Å²) in [7, 11) is -3.78. The predicted octanol–water partition coefficient (Wildman–Crippen LogP) is 2.73. The number of aromatic nitrogens is 4. The zero-order valence-corrected chi connectivity index (χ0v) is 17.5. The number of nitrogens with zero attached hydrogens (tertiary/aromatic N) is 6. The lowest BCUT2D eigenvalue weighted by molar-refractivity contribution is -0.388. The van der Waals surface area contributed by atoms with Crippen LogP contribution in [-0.2, 0) is 10.0 Å². The van der Waals surface area contributed by atoms with E-state index in [9.17, 15) is 18.5 Å². The fraction of sp³-hybridized carbons (Fsp3) is 0.562. The molecule has 1 aliphatic heterocycles. The second kappa shape index (κ2) is 8.13. The van der Waals surface area contributed by atoms with E-state index in [0.717, 1.165) is 30.7 Å². The average molecular weight is 427 g/mol. The monoisotopic (exact) mass is 426 g/mol. The van der Waals surface area contributed by atoms with E-state index in [1.807, 2.05) is 20.8 Å². The minimum atomic E-state index is -3.78. The summed E-state index contributed by atoms with van der Waals surface area (Å²) in [4.78, 5) is 11.2. The van der Waals surface area contributed by atoms with Crippen molar-refractivity contribution in [1.29, 1.82) is 0 Å². The van der Waals surface area contributed by atoms with E-state index in [0.29, 0.717) is 18.2 Å². The lowest BCUT2D eigenvalue weighted by Crippen LogP contribution is -2.39. The van der Waals surface area contributed by atoms with Gasteiger partial charge in [-0.05, 0) is 66.9 Å². The van der Waals surface area contributed by atoms with Gasteiger partial charge in [-0.1, -0.05) is 6.92 Å². The minimum absolute atomic E-state index is 0.0164. The van der Waals surface area contributed by atoms with Crippen molar-refractivity contribution in [3.8, 4) is 0 Å². The molecule has 3 rings (SSSR count). The molecule has 2 aromatic rings. The maximum atomic E-state index is 12.9. The number of benzene rings is 1. The molecular formula is C16H22N6O4S2. The second-order valence-corrected chi connectivity index (χ2v) is 10.0. The minimum Gasteiger partial charge on any atom is -0.258 e. The van der Waals surface area contributed by atoms with Crippen molar-refractivity contribution in [3.63, 3.8) is 0 Å². The van der Waals surface area contributed by atoms with E-state index in [2.05, 4.69) is 15.5 Å². The highest BCUT2D eigenvalue weighted by Crippen LogP contribution is 2.36. The molecule has 1 atom stereocenters. The van der Waals surface area contributed by atoms with Gasteiger partial charge in [0.05, 0.1) is 20.8 Å². The van der Waals surface area contributed by atoms with Crippen molar-refractivity contribution >= 4 is 27.5 Å². The third kappa shape index (κ3) is 4.18. The Kier molecular flexibility index (Phi) is 6.01. The molecule has 1 aromatic carbocycles. The molecule has 0 amide bonds. The molecule has 0 radical (unpaired) electrons. The summed E-state index contributed by atoms with van der Waals surface area (Å²) in [6, 6.07) is 3.97. The highest BCUT2D eigenvalue weighted by atomic mass is 32.2. The van der Waals surface area contributed by atoms with Crippen LogP contribution in [-0.4, -0.2) is 50.9 Å². The highest BCUT2D eigenvalue weighted by Gasteiger charge is 2.31. The lowest BCUT2D eigenvalue weighted by atomic mass is 10.0. The van der Waals surface area contributed by atoms with E-state index in [4.69, 9.17) is 0 Å². The Morgan fingerprint density at radius 2 is 2.11 bits per heavy atom. The van der Waals surface area contributed by atoms with Crippen LogP contribution in [0.25, 0.3) is 0 Å². The van der Waals surface area contributed by atoms with E-state index in [-0.39, 0.29) is 27.4 Å². The first-order valence-corrected chi connectivity index (χ1v) is 11.2. The first kappa shape index (κ1) is 20.7. The Hall–Kier alpha value is -2.05. The van der Waals surface area contributed by atoms with Gasteiger partial charge >= 0.3 is 0 Å². The Labute approximate surface area is 167 Å². The van der Waals surface area contributed by atoms with Crippen molar-refractivity contribution in [2.75, 3.05) is 13.1 Å². The fourth-order valence-corrected chi connectivity index (χ4v) is 5.68. The standard InChI is InChI=1S/C16H22N6O4S2/c1-11(2)21-16(17-18-19-21)27-15-7-6-13(9-14(15)22(23)24)28(25,26)20-8-4-5-12(3)10-20/h6-7,9,11-12H,4-5,8,10H2,1-3H3. The van der Waals surface area contributed by atoms with Gasteiger partial charge in [0.15, 0.2) is 0 Å². The summed E-state index contributed by atoms with van der Waals surface area (Å²) < 4.78 is 28.8. The Morgan fingerprint density at radius 3 is 2.75 bits per heavy atom. The van der Waals surface area contributed by atoms with Crippen LogP contribution < -0.4 is 0 Å². The molecule has 1 aliphatic rings. The summed E-state index contributed by atoms with van der Waals surface area (Å²) in [6.45, 7) is 6.65. The third-order valence-corrected chi connectivity index (χ3v) is 7.42. The molecule has 0 N–H and O–H groups in total. The number of hydrogen-bond acceptors (Lipinski definition) is 8. The SMILES string of the molecule is CC1CCCN(S(=O)(=O)c2ccc(Sc3nnnn3C(C)C)c([N+](=O)[O-])c2)C1. The zero-order valence-electron chi connectivity index (χ0n) is 15.8. The molecule has 0 spiro atoms. The van der Waals surface area contributed by atoms with Gasteiger partial charge in [0.2, 0.25) is 15.2 Å². The molecule has 1 saturated heterocycles. The number of nitro benzene ring substituents is 1. The molecule has 0 saturated carbocycles. The van der Waals surface area contributed by atoms with Gasteiger partial charge in [0.25, 0.3) is 5.69 Å². The third-order valence-electron chi connectivity index (χ3n) is 4.54. The molecule has 0 aliphatic carbocycles. The molecule has 152 valence electrons. The molecule has 12 heteroatoms. The summed E-state index contributed by atoms with van der Waals surface area (Å²) in [6.07, 6.45) is 1.76. The highest BCUT2D eigenvalue weighted by molar-refractivity contribution is 7.99. The molecule has 1 unspecified atom stereocenters. The number of hydrogen-bond donors (Lipinski definition) is 0. The summed E-state index contributed by atoms with van der Waals surface area (Å²) in [5, 5.41) is 23.4. The number of sulfonamides is 1. The Balaban J connectivity index is 1.95. The maximum absolute atomic E-state index is 12.9. The second-order valence-electron chi connectivity index (χ2n) is 7.10. The predicted molar refractivity (Wildman–Crippen MR) is 103 cm³/mol. The normalized spacial score (nSPS) is 18.5. The van der Waals surface area contributed by atoms with Crippen LogP contribution in [0, 0.1) is 16.0 Å². The van der Waals surface area contributed by atoms with E-state index < -0.39 is 14.9 Å². The van der Waals surface area contributed by atoms with E-state index >= 15 is 0 Å². The molecule has 2 heterocycles. The Morgan fingerprint density at radius 1 is 1.36 bits per heavy atom. The molecule has 1 fully saturated rings. The Bertz CT molecular complexity index is 975. The van der Waals surface area contributed by atoms with E-state index in [1.165, 1.54) is 16.4 Å². The summed E-state index contributed by atoms with van der Waals surface area (Å²) in [5.74, 6) is 0.267. The average Bonchev–Trinajstić information content (AvgIpc) is 3.10. The van der Waals surface area contributed by atoms with Crippen LogP contribution >= 0.6 is 11.8 Å². The van der Waals surface area contributed by atoms with Gasteiger partial charge in [0, 0.05) is 19.2 Å². The van der Waals surface area contributed by atoms with Crippen molar-refractivity contribution in [3.05, 3.63) is 28.3 Å². The van der Waals surface area contributed by atoms with Crippen molar-refractivity contribution < 1.29 is 13.3 Å². The van der Waals surface area contributed by atoms with Crippen LogP contribution in [0.4, 0.5) is 5.69 Å². The van der Waals surface area contributed by atoms with Gasteiger partial charge in [-0.15, -0.1) is 5.10 Å². The summed E-state index contributed by atoms with van der Waals surface area (Å²) >= 11 is 1.04. The van der Waals surface area contributed by atoms with Crippen LogP contribution in [0.15, 0.2) is 33.1 Å². The first-order valence-electron chi connectivity index (χ1n) is 8.94. The topological polar surface area (TPSA) is 124 Å². The van der Waals surface area contributed by atoms with E-state index in [1.54, 1.807) is 4.68 Å². The largest absolute Gasteiger partial charge is 0.284 e. The van der Waals surface area contributed by atoms with Crippen molar-refractivity contribution in [2.24, 2.45) is 5.92 Å². The number of nitro groups is 1. The van der Waals surface area contributed by atoms with Gasteiger partial charge < -0.3 is 0 Å². The molecule has 10 nitrogen and oxygen atoms in total. The van der Waals surface area contributed by atoms with Crippen LogP contribution in [0.5, 0.6) is 0 Å². The van der Waals surface area contributed by atoms with Gasteiger partial charge in [0.1, 0.15) is 0 Å². The molecule has 0 bridgehead atoms. The molecular weight excluding hydrogens is 404 g/mol. The van der Waals surface area contributed by atoms with Crippen LogP contribution in [0.3, 0.4) is 0 Å². The van der Waals surface area contributed by atoms with Gasteiger partial charge in [-0.25, -0.2) is 13.1 Å². The van der Waals surface area contributed by atoms with Gasteiger partial charge in [-0.3, -0.25) is 10.1 Å². The smallest absolute Gasteiger partial charge is 0.258 e. The van der Waals surface area contributed by atoms with Gasteiger partial charge in [-0.2, -0.15) is 4.31 Å². The lowest BCUT2D eigenvalue weighted by Gasteiger charge is -2.30. The zero-order chi connectivity index (χ0) is 20.5. The fourth-order valence-electron chi connectivity index (χ4n) is 3.08. The maximum Gasteiger partial charge on any atom is 0.284 e. The van der Waals surface area contributed by atoms with Crippen LogP contribution in [0.1, 0.15) is 39.7 Å². The van der Waals surface area contributed by atoms with Crippen LogP contribution in [0.2, 0.25) is 0 Å². The van der Waals surface area contributed by atoms with Crippen molar-refractivity contribution in [1.82, 2.24) is 24.5 Å². The number of rotatable bonds is 6.